The second kappa shape index (κ2) is 31.8. The fourth-order valence-electron chi connectivity index (χ4n) is 6.68. The summed E-state index contributed by atoms with van der Waals surface area (Å²) < 4.78 is 46.0. The van der Waals surface area contributed by atoms with E-state index in [1.165, 1.54) is 0 Å². The molecule has 0 saturated carbocycles. The molecule has 1 aliphatic rings. The van der Waals surface area contributed by atoms with Crippen LogP contribution in [0.4, 0.5) is 0 Å². The van der Waals surface area contributed by atoms with Gasteiger partial charge in [-0.15, -0.1) is 0 Å². The van der Waals surface area contributed by atoms with Gasteiger partial charge in [-0.3, -0.25) is 33.8 Å². The first-order chi connectivity index (χ1) is 33.3. The quantitative estimate of drug-likeness (QED) is 0.109. The van der Waals surface area contributed by atoms with E-state index in [1.54, 1.807) is 36.4 Å². The van der Waals surface area contributed by atoms with Crippen LogP contribution in [0.5, 0.6) is 11.5 Å². The van der Waals surface area contributed by atoms with Gasteiger partial charge >= 0.3 is 5.97 Å². The molecule has 1 heterocycles. The van der Waals surface area contributed by atoms with Gasteiger partial charge in [0, 0.05) is 26.2 Å². The molecule has 0 aromatic heterocycles. The Kier molecular flexibility index (Phi) is 24.8. The number of benzene rings is 4. The van der Waals surface area contributed by atoms with Crippen LogP contribution in [0.1, 0.15) is 17.5 Å². The van der Waals surface area contributed by atoms with Crippen molar-refractivity contribution in [2.45, 2.75) is 31.7 Å². The predicted molar refractivity (Wildman–Crippen MR) is 251 cm³/mol. The summed E-state index contributed by atoms with van der Waals surface area (Å²) in [5, 5.41) is 5.58. The van der Waals surface area contributed by atoms with Crippen LogP contribution in [-0.4, -0.2) is 163 Å². The van der Waals surface area contributed by atoms with E-state index in [4.69, 9.17) is 37.9 Å². The Hall–Kier alpha value is -6.05. The maximum atomic E-state index is 13.5. The summed E-state index contributed by atoms with van der Waals surface area (Å²) in [5.41, 5.74) is 1.73. The van der Waals surface area contributed by atoms with E-state index < -0.39 is 29.7 Å². The Morgan fingerprint density at radius 1 is 0.485 bits per heavy atom. The molecule has 4 aromatic rings. The maximum absolute atomic E-state index is 13.5. The van der Waals surface area contributed by atoms with Crippen molar-refractivity contribution in [2.75, 3.05) is 112 Å². The average molecular weight is 941 g/mol. The molecule has 0 radical (unpaired) electrons. The lowest BCUT2D eigenvalue weighted by Crippen LogP contribution is -2.50. The van der Waals surface area contributed by atoms with E-state index in [1.807, 2.05) is 94.7 Å². The molecule has 1 fully saturated rings. The maximum Gasteiger partial charge on any atom is 0.308 e. The summed E-state index contributed by atoms with van der Waals surface area (Å²) in [4.78, 5) is 70.2. The number of carbonyl (C=O) groups excluding carboxylic acids is 5. The van der Waals surface area contributed by atoms with Crippen LogP contribution >= 0.6 is 0 Å². The van der Waals surface area contributed by atoms with Crippen molar-refractivity contribution < 1.29 is 61.9 Å². The molecule has 2 atom stereocenters. The van der Waals surface area contributed by atoms with Gasteiger partial charge in [0.15, 0.2) is 11.6 Å². The van der Waals surface area contributed by atoms with Gasteiger partial charge in [0.2, 0.25) is 11.8 Å². The molecule has 17 heteroatoms. The zero-order valence-electron chi connectivity index (χ0n) is 38.5. The molecule has 1 aliphatic heterocycles. The minimum absolute atomic E-state index is 0.0140. The van der Waals surface area contributed by atoms with Crippen molar-refractivity contribution in [3.63, 3.8) is 0 Å². The molecule has 0 aliphatic carbocycles. The third-order valence-electron chi connectivity index (χ3n) is 10.4. The molecular weight excluding hydrogens is 877 g/mol. The van der Waals surface area contributed by atoms with Crippen molar-refractivity contribution in [3.8, 4) is 11.5 Å². The molecule has 0 unspecified atom stereocenters. The number of amides is 2. The number of para-hydroxylation sites is 2. The normalized spacial score (nSPS) is 15.9. The summed E-state index contributed by atoms with van der Waals surface area (Å²) in [6.45, 7) is 3.38. The fourth-order valence-corrected chi connectivity index (χ4v) is 6.68. The van der Waals surface area contributed by atoms with Gasteiger partial charge in [-0.2, -0.15) is 0 Å². The highest BCUT2D eigenvalue weighted by Crippen LogP contribution is 2.11. The summed E-state index contributed by atoms with van der Waals surface area (Å²) in [7, 11) is 0. The number of ether oxygens (including phenoxy) is 8. The monoisotopic (exact) mass is 940 g/mol. The number of hydrogen-bond donors (Lipinski definition) is 2. The first-order valence-corrected chi connectivity index (χ1v) is 22.9. The highest BCUT2D eigenvalue weighted by atomic mass is 16.5. The highest BCUT2D eigenvalue weighted by molar-refractivity contribution is 5.93. The number of rotatable bonds is 22. The number of nitrogens with one attached hydrogen (secondary N) is 2. The highest BCUT2D eigenvalue weighted by Gasteiger charge is 2.27. The number of hydrogen-bond acceptors (Lipinski definition) is 15. The van der Waals surface area contributed by atoms with E-state index in [0.29, 0.717) is 50.9 Å². The average Bonchev–Trinajstić information content (AvgIpc) is 3.36. The number of esters is 1. The molecular formula is C51H64N4O13. The third-order valence-corrected chi connectivity index (χ3v) is 10.4. The second-order valence-corrected chi connectivity index (χ2v) is 15.7. The topological polar surface area (TPSA) is 190 Å². The molecule has 4 aromatic carbocycles. The fraction of sp³-hybridized carbons (Fsp3) is 0.431. The lowest BCUT2D eigenvalue weighted by Gasteiger charge is -2.25. The summed E-state index contributed by atoms with van der Waals surface area (Å²) in [5.74, 6) is -1.26. The molecule has 0 bridgehead atoms. The van der Waals surface area contributed by atoms with Crippen LogP contribution in [0.25, 0.3) is 0 Å². The van der Waals surface area contributed by atoms with Crippen LogP contribution in [0.15, 0.2) is 121 Å². The number of ketones is 2. The van der Waals surface area contributed by atoms with Gasteiger partial charge in [-0.05, 0) is 35.4 Å². The van der Waals surface area contributed by atoms with Crippen molar-refractivity contribution in [1.29, 1.82) is 0 Å². The minimum atomic E-state index is -1.18. The SMILES string of the molecule is O=C(CN1CCOCCOCCN(CC(=O)N[C@H](CC(=O)OCc2ccccc2)C(=O)COc2ccccc2)CCOCCOCC1)N[C@H](COCc1ccccc1)C(=O)COc1ccccc1. The van der Waals surface area contributed by atoms with E-state index in [2.05, 4.69) is 10.6 Å². The van der Waals surface area contributed by atoms with E-state index in [0.717, 1.165) is 11.1 Å². The van der Waals surface area contributed by atoms with Crippen molar-refractivity contribution in [1.82, 2.24) is 20.4 Å². The van der Waals surface area contributed by atoms with Crippen molar-refractivity contribution in [3.05, 3.63) is 132 Å². The van der Waals surface area contributed by atoms with E-state index in [9.17, 15) is 24.0 Å². The van der Waals surface area contributed by atoms with Crippen molar-refractivity contribution >= 4 is 29.4 Å². The molecule has 0 spiro atoms. The van der Waals surface area contributed by atoms with Crippen LogP contribution in [0, 0.1) is 0 Å². The first kappa shape index (κ1) is 52.9. The van der Waals surface area contributed by atoms with Crippen LogP contribution in [0.3, 0.4) is 0 Å². The lowest BCUT2D eigenvalue weighted by atomic mass is 10.1. The van der Waals surface area contributed by atoms with Gasteiger partial charge < -0.3 is 48.5 Å². The molecule has 5 rings (SSSR count). The van der Waals surface area contributed by atoms with Gasteiger partial charge in [-0.1, -0.05) is 97.1 Å². The van der Waals surface area contributed by atoms with Gasteiger partial charge in [0.25, 0.3) is 0 Å². The Balaban J connectivity index is 1.07. The number of carbonyl (C=O) groups is 5. The summed E-state index contributed by atoms with van der Waals surface area (Å²) in [6, 6.07) is 34.4. The molecule has 2 amide bonds. The van der Waals surface area contributed by atoms with Gasteiger partial charge in [0.05, 0.1) is 85.6 Å². The van der Waals surface area contributed by atoms with E-state index in [-0.39, 0.29) is 104 Å². The molecule has 17 nitrogen and oxygen atoms in total. The smallest absolute Gasteiger partial charge is 0.308 e. The zero-order valence-corrected chi connectivity index (χ0v) is 38.5. The van der Waals surface area contributed by atoms with Gasteiger partial charge in [-0.25, -0.2) is 0 Å². The lowest BCUT2D eigenvalue weighted by molar-refractivity contribution is -0.147. The standard InChI is InChI=1S/C51H64N4O13/c56-47(39-66-43-17-9-3-10-18-43)45(33-51(60)68-37-42-15-7-2-8-16-42)52-49(58)34-54-21-25-61-29-31-63-27-23-55(24-28-64-32-30-62-26-22-54)35-50(59)53-46(38-65-36-41-13-5-1-6-14-41)48(57)40-67-44-19-11-4-12-20-44/h1-20,45-46H,21-40H2,(H,52,58)(H,53,59)/t45-,46-/m1/s1. The largest absolute Gasteiger partial charge is 0.486 e. The third kappa shape index (κ3) is 22.2. The molecule has 366 valence electrons. The van der Waals surface area contributed by atoms with Crippen molar-refractivity contribution in [2.24, 2.45) is 0 Å². The Morgan fingerprint density at radius 2 is 0.868 bits per heavy atom. The van der Waals surface area contributed by atoms with Gasteiger partial charge in [0.1, 0.15) is 43.4 Å². The predicted octanol–water partition coefficient (Wildman–Crippen LogP) is 3.29. The molecule has 2 N–H and O–H groups in total. The summed E-state index contributed by atoms with van der Waals surface area (Å²) >= 11 is 0. The Morgan fingerprint density at radius 3 is 1.31 bits per heavy atom. The molecule has 1 saturated heterocycles. The van der Waals surface area contributed by atoms with Crippen LogP contribution in [-0.2, 0) is 65.6 Å². The second-order valence-electron chi connectivity index (χ2n) is 15.7. The molecule has 68 heavy (non-hydrogen) atoms. The first-order valence-electron chi connectivity index (χ1n) is 22.9. The van der Waals surface area contributed by atoms with Crippen LogP contribution in [0.2, 0.25) is 0 Å². The van der Waals surface area contributed by atoms with Crippen LogP contribution < -0.4 is 20.1 Å². The Bertz CT molecular complexity index is 2030. The Labute approximate surface area is 398 Å². The minimum Gasteiger partial charge on any atom is -0.486 e. The van der Waals surface area contributed by atoms with E-state index >= 15 is 0 Å². The number of nitrogens with zero attached hydrogens (tertiary/aromatic N) is 2. The summed E-state index contributed by atoms with van der Waals surface area (Å²) in [6.07, 6.45) is -0.370. The number of Topliss-reactive ketones (excluding diaryl/α,β-unsaturated/α-hetero) is 2. The zero-order chi connectivity index (χ0) is 47.9.